The van der Waals surface area contributed by atoms with Crippen LogP contribution in [0.25, 0.3) is 0 Å². The predicted octanol–water partition coefficient (Wildman–Crippen LogP) is 12.8. The van der Waals surface area contributed by atoms with Crippen LogP contribution >= 0.6 is 0 Å². The second kappa shape index (κ2) is 30.1. The van der Waals surface area contributed by atoms with Gasteiger partial charge in [0, 0.05) is 0 Å². The van der Waals surface area contributed by atoms with Crippen molar-refractivity contribution in [1.82, 2.24) is 0 Å². The van der Waals surface area contributed by atoms with E-state index in [2.05, 4.69) is 39.0 Å². The van der Waals surface area contributed by atoms with Crippen LogP contribution in [-0.2, 0) is 10.1 Å². The summed E-state index contributed by atoms with van der Waals surface area (Å²) in [5.41, 5.74) is 0. The molecular weight excluding hydrogens is 538 g/mol. The van der Waals surface area contributed by atoms with Gasteiger partial charge in [0.15, 0.2) is 0 Å². The topological polar surface area (TPSA) is 54.4 Å². The number of hydrogen-bond donors (Lipinski definition) is 1. The Morgan fingerprint density at radius 2 is 0.667 bits per heavy atom. The quantitative estimate of drug-likeness (QED) is 0.0468. The molecule has 5 heteroatoms. The summed E-state index contributed by atoms with van der Waals surface area (Å²) >= 11 is 0. The van der Waals surface area contributed by atoms with Gasteiger partial charge in [-0.3, -0.25) is 4.55 Å². The number of unbranched alkanes of at least 4 members (excludes halogenated alkanes) is 24. The molecule has 0 aromatic carbocycles. The summed E-state index contributed by atoms with van der Waals surface area (Å²) in [6, 6.07) is 0. The highest BCUT2D eigenvalue weighted by molar-refractivity contribution is 7.85. The number of allylic oxidation sites excluding steroid dienone is 3. The molecule has 0 saturated heterocycles. The number of hydrogen-bond acceptors (Lipinski definition) is 2. The maximum absolute atomic E-state index is 12.1. The molecule has 248 valence electrons. The van der Waals surface area contributed by atoms with E-state index in [1.165, 1.54) is 135 Å². The van der Waals surface area contributed by atoms with E-state index < -0.39 is 10.1 Å². The van der Waals surface area contributed by atoms with Gasteiger partial charge in [0.25, 0.3) is 0 Å². The Hall–Kier alpha value is -0.910. The highest BCUT2D eigenvalue weighted by Gasteiger charge is 2.26. The summed E-state index contributed by atoms with van der Waals surface area (Å²) in [6.45, 7) is 6.76. The molecule has 4 nitrogen and oxygen atoms in total. The third-order valence-corrected chi connectivity index (χ3v) is 8.98. The van der Waals surface area contributed by atoms with Gasteiger partial charge in [0.1, 0.15) is 18.6 Å². The molecule has 0 atom stereocenters. The molecule has 0 spiro atoms. The average molecular weight is 611 g/mol. The number of rotatable bonds is 32. The fourth-order valence-electron chi connectivity index (χ4n) is 5.56. The van der Waals surface area contributed by atoms with Crippen LogP contribution in [0.4, 0.5) is 0 Å². The second-order valence-electron chi connectivity index (χ2n) is 12.7. The summed E-state index contributed by atoms with van der Waals surface area (Å²) in [6.07, 6.45) is 45.9. The Bertz CT molecular complexity index is 683. The Kier molecular flexibility index (Phi) is 29.5. The van der Waals surface area contributed by atoms with Gasteiger partial charge in [0.05, 0.1) is 0 Å². The molecule has 0 saturated carbocycles. The Labute approximate surface area is 263 Å². The fraction of sp³-hybridized carbons (Fsp3) is 0.838. The van der Waals surface area contributed by atoms with E-state index in [-0.39, 0.29) is 10.4 Å². The van der Waals surface area contributed by atoms with Gasteiger partial charge in [-0.25, -0.2) is 4.48 Å². The van der Waals surface area contributed by atoms with E-state index >= 15 is 0 Å². The highest BCUT2D eigenvalue weighted by Crippen LogP contribution is 2.19. The van der Waals surface area contributed by atoms with Gasteiger partial charge in [-0.15, -0.1) is 0 Å². The van der Waals surface area contributed by atoms with Crippen molar-refractivity contribution in [3.8, 4) is 0 Å². The van der Waals surface area contributed by atoms with E-state index in [0.29, 0.717) is 0 Å². The smallest absolute Gasteiger partial charge is 0.281 e. The summed E-state index contributed by atoms with van der Waals surface area (Å²) in [5, 5.41) is 0. The minimum Gasteiger partial charge on any atom is -0.281 e. The van der Waals surface area contributed by atoms with E-state index in [0.717, 1.165) is 38.5 Å². The number of nitrogens with zero attached hydrogens (tertiary/aromatic N) is 1. The lowest BCUT2D eigenvalue weighted by molar-refractivity contribution is -0.760. The highest BCUT2D eigenvalue weighted by atomic mass is 32.2. The lowest BCUT2D eigenvalue weighted by Gasteiger charge is -2.25. The van der Waals surface area contributed by atoms with Crippen LogP contribution in [0.3, 0.4) is 0 Å². The van der Waals surface area contributed by atoms with Gasteiger partial charge in [-0.2, -0.15) is 8.42 Å². The van der Waals surface area contributed by atoms with Crippen LogP contribution in [0.1, 0.15) is 194 Å². The first-order valence-corrected chi connectivity index (χ1v) is 19.9. The van der Waals surface area contributed by atoms with Gasteiger partial charge < -0.3 is 0 Å². The van der Waals surface area contributed by atoms with Crippen molar-refractivity contribution in [2.75, 3.05) is 5.88 Å². The van der Waals surface area contributed by atoms with Crippen molar-refractivity contribution in [2.24, 2.45) is 0 Å². The fourth-order valence-corrected chi connectivity index (χ4v) is 6.38. The van der Waals surface area contributed by atoms with Crippen LogP contribution in [0.5, 0.6) is 0 Å². The summed E-state index contributed by atoms with van der Waals surface area (Å²) in [5.74, 6) is -0.344. The molecule has 0 rings (SSSR count). The zero-order chi connectivity index (χ0) is 31.0. The lowest BCUT2D eigenvalue weighted by atomic mass is 10.1. The standard InChI is InChI=1S/C37H71NO3S/c1-4-7-10-13-16-19-22-25-28-31-34-38(37-42(39,40)41,35-32-29-26-23-20-17-14-11-8-5-2)36-33-30-27-24-21-18-15-12-9-6-3/h31-36H,4-30,37H2,1-3H3/p+1/b34-31+,35-32+,36-33+. The van der Waals surface area contributed by atoms with Gasteiger partial charge >= 0.3 is 10.1 Å². The normalized spacial score (nSPS) is 13.0. The Balaban J connectivity index is 5.01. The molecule has 0 amide bonds. The molecule has 0 aliphatic carbocycles. The summed E-state index contributed by atoms with van der Waals surface area (Å²) in [4.78, 5) is 0. The van der Waals surface area contributed by atoms with Crippen molar-refractivity contribution < 1.29 is 17.5 Å². The van der Waals surface area contributed by atoms with Crippen LogP contribution in [0.15, 0.2) is 36.8 Å². The average Bonchev–Trinajstić information content (AvgIpc) is 2.95. The van der Waals surface area contributed by atoms with E-state index in [1.54, 1.807) is 0 Å². The molecule has 0 radical (unpaired) electrons. The van der Waals surface area contributed by atoms with Gasteiger partial charge in [-0.05, 0) is 56.8 Å². The maximum atomic E-state index is 12.1. The summed E-state index contributed by atoms with van der Waals surface area (Å²) in [7, 11) is -4.15. The van der Waals surface area contributed by atoms with Crippen molar-refractivity contribution >= 4 is 10.1 Å². The van der Waals surface area contributed by atoms with Gasteiger partial charge in [-0.1, -0.05) is 156 Å². The first kappa shape index (κ1) is 41.1. The molecule has 0 heterocycles. The lowest BCUT2D eigenvalue weighted by Crippen LogP contribution is -2.36. The van der Waals surface area contributed by atoms with E-state index in [4.69, 9.17) is 0 Å². The minimum absolute atomic E-state index is 0.0455. The van der Waals surface area contributed by atoms with Crippen molar-refractivity contribution in [2.45, 2.75) is 194 Å². The molecule has 0 unspecified atom stereocenters. The number of quaternary nitrogens is 1. The van der Waals surface area contributed by atoms with E-state index in [9.17, 15) is 13.0 Å². The largest absolute Gasteiger partial charge is 0.317 e. The molecular formula is C37H72NO3S+. The first-order valence-electron chi connectivity index (χ1n) is 18.2. The molecule has 0 aliphatic rings. The molecule has 0 aromatic rings. The van der Waals surface area contributed by atoms with E-state index in [1.807, 2.05) is 18.6 Å². The third-order valence-electron chi connectivity index (χ3n) is 8.21. The van der Waals surface area contributed by atoms with Crippen LogP contribution in [-0.4, -0.2) is 23.3 Å². The molecule has 0 aromatic heterocycles. The summed E-state index contributed by atoms with van der Waals surface area (Å²) < 4.78 is 34.2. The maximum Gasteiger partial charge on any atom is 0.317 e. The van der Waals surface area contributed by atoms with Crippen molar-refractivity contribution in [3.63, 3.8) is 0 Å². The Morgan fingerprint density at radius 1 is 0.429 bits per heavy atom. The van der Waals surface area contributed by atoms with Gasteiger partial charge in [0.2, 0.25) is 5.88 Å². The predicted molar refractivity (Wildman–Crippen MR) is 186 cm³/mol. The minimum atomic E-state index is -4.15. The second-order valence-corrected chi connectivity index (χ2v) is 14.1. The third kappa shape index (κ3) is 29.2. The monoisotopic (exact) mass is 611 g/mol. The van der Waals surface area contributed by atoms with Crippen LogP contribution < -0.4 is 0 Å². The SMILES string of the molecule is CCCCCCCCCC/C=C/[N+](/C=C/CCCCCCCCCC)(/C=C/CCCCCCCCCC)CS(=O)(=O)O. The van der Waals surface area contributed by atoms with Crippen molar-refractivity contribution in [1.29, 1.82) is 0 Å². The van der Waals surface area contributed by atoms with Crippen LogP contribution in [0, 0.1) is 0 Å². The van der Waals surface area contributed by atoms with Crippen LogP contribution in [0.2, 0.25) is 0 Å². The van der Waals surface area contributed by atoms with Crippen molar-refractivity contribution in [3.05, 3.63) is 36.8 Å². The zero-order valence-corrected chi connectivity index (χ0v) is 29.2. The zero-order valence-electron chi connectivity index (χ0n) is 28.4. The first-order chi connectivity index (χ1) is 20.4. The molecule has 42 heavy (non-hydrogen) atoms. The molecule has 0 fully saturated rings. The molecule has 0 bridgehead atoms. The Morgan fingerprint density at radius 3 is 0.905 bits per heavy atom. The molecule has 0 aliphatic heterocycles. The molecule has 1 N–H and O–H groups in total.